The van der Waals surface area contributed by atoms with Crippen LogP contribution in [0.2, 0.25) is 0 Å². The summed E-state index contributed by atoms with van der Waals surface area (Å²) in [7, 11) is 2.20. The normalized spacial score (nSPS) is 19.6. The molecule has 0 aliphatic carbocycles. The van der Waals surface area contributed by atoms with Gasteiger partial charge in [-0.3, -0.25) is 4.79 Å². The van der Waals surface area contributed by atoms with E-state index in [-0.39, 0.29) is 17.9 Å². The van der Waals surface area contributed by atoms with Gasteiger partial charge in [0.1, 0.15) is 18.1 Å². The molecule has 1 spiro atoms. The molecule has 1 fully saturated rings. The van der Waals surface area contributed by atoms with Gasteiger partial charge in [0, 0.05) is 26.2 Å². The number of nitrogens with zero attached hydrogens (tertiary/aromatic N) is 2. The third-order valence-corrected chi connectivity index (χ3v) is 7.33. The topological polar surface area (TPSA) is 42.0 Å². The predicted molar refractivity (Wildman–Crippen MR) is 132 cm³/mol. The van der Waals surface area contributed by atoms with Crippen LogP contribution >= 0.6 is 0 Å². The lowest BCUT2D eigenvalue weighted by Gasteiger charge is -2.44. The van der Waals surface area contributed by atoms with Gasteiger partial charge in [0.05, 0.1) is 0 Å². The number of ether oxygens (including phenoxy) is 2. The molecule has 5 heteroatoms. The summed E-state index contributed by atoms with van der Waals surface area (Å²) in [5, 5.41) is 0. The second kappa shape index (κ2) is 11.1. The fourth-order valence-corrected chi connectivity index (χ4v) is 5.30. The zero-order valence-electron chi connectivity index (χ0n) is 20.2. The molecule has 0 atom stereocenters. The van der Waals surface area contributed by atoms with Crippen LogP contribution in [0.15, 0.2) is 48.5 Å². The van der Waals surface area contributed by atoms with Crippen molar-refractivity contribution in [1.82, 2.24) is 9.80 Å². The van der Waals surface area contributed by atoms with Crippen LogP contribution in [0, 0.1) is 12.3 Å². The maximum absolute atomic E-state index is 12.8. The minimum Gasteiger partial charge on any atom is -0.492 e. The van der Waals surface area contributed by atoms with E-state index in [1.54, 1.807) is 0 Å². The summed E-state index contributed by atoms with van der Waals surface area (Å²) in [6.07, 6.45) is 6.81. The van der Waals surface area contributed by atoms with Crippen LogP contribution in [0.4, 0.5) is 0 Å². The molecule has 0 radical (unpaired) electrons. The Morgan fingerprint density at radius 1 is 1.00 bits per heavy atom. The molecule has 0 N–H and O–H groups in total. The van der Waals surface area contributed by atoms with Crippen molar-refractivity contribution in [3.8, 4) is 11.5 Å². The van der Waals surface area contributed by atoms with E-state index in [1.165, 1.54) is 24.8 Å². The van der Waals surface area contributed by atoms with Gasteiger partial charge in [-0.25, -0.2) is 0 Å². The number of rotatable bonds is 3. The van der Waals surface area contributed by atoms with E-state index in [9.17, 15) is 4.79 Å². The molecule has 178 valence electrons. The summed E-state index contributed by atoms with van der Waals surface area (Å²) in [6, 6.07) is 16.3. The van der Waals surface area contributed by atoms with Gasteiger partial charge in [-0.05, 0) is 74.8 Å². The Balaban J connectivity index is 1.33. The number of para-hydroxylation sites is 2. The van der Waals surface area contributed by atoms with Crippen molar-refractivity contribution >= 4 is 5.91 Å². The first-order valence-electron chi connectivity index (χ1n) is 12.4. The lowest BCUT2D eigenvalue weighted by atomic mass is 9.73. The fourth-order valence-electron chi connectivity index (χ4n) is 5.30. The van der Waals surface area contributed by atoms with Crippen LogP contribution in [-0.2, 0) is 11.2 Å². The number of likely N-dealkylation sites (N-methyl/N-ethyl adjacent to an activating group) is 1. The van der Waals surface area contributed by atoms with Crippen molar-refractivity contribution < 1.29 is 14.3 Å². The average Bonchev–Trinajstić information content (AvgIpc) is 2.82. The van der Waals surface area contributed by atoms with Gasteiger partial charge < -0.3 is 19.3 Å². The van der Waals surface area contributed by atoms with Crippen molar-refractivity contribution in [3.63, 3.8) is 0 Å². The Morgan fingerprint density at radius 2 is 1.76 bits per heavy atom. The van der Waals surface area contributed by atoms with Crippen molar-refractivity contribution in [3.05, 3.63) is 59.7 Å². The molecule has 0 aromatic heterocycles. The first-order chi connectivity index (χ1) is 16.0. The number of likely N-dealkylation sites (tertiary alicyclic amines) is 1. The molecule has 1 saturated heterocycles. The van der Waals surface area contributed by atoms with Gasteiger partial charge in [0.2, 0.25) is 0 Å². The highest BCUT2D eigenvalue weighted by Crippen LogP contribution is 2.38. The first-order valence-corrected chi connectivity index (χ1v) is 12.4. The predicted octanol–water partition coefficient (Wildman–Crippen LogP) is 4.72. The molecule has 4 rings (SSSR count). The molecular formula is C28H38N2O3. The summed E-state index contributed by atoms with van der Waals surface area (Å²) >= 11 is 0. The number of hydrogen-bond acceptors (Lipinski definition) is 4. The Kier molecular flexibility index (Phi) is 7.92. The highest BCUT2D eigenvalue weighted by Gasteiger charge is 2.36. The van der Waals surface area contributed by atoms with E-state index in [0.29, 0.717) is 6.61 Å². The molecule has 33 heavy (non-hydrogen) atoms. The minimum absolute atomic E-state index is 0.0969. The number of carbonyl (C=O) groups is 1. The molecule has 2 aliphatic rings. The van der Waals surface area contributed by atoms with Gasteiger partial charge in [0.25, 0.3) is 5.91 Å². The van der Waals surface area contributed by atoms with E-state index in [4.69, 9.17) is 9.47 Å². The van der Waals surface area contributed by atoms with Crippen LogP contribution in [0.3, 0.4) is 0 Å². The third-order valence-electron chi connectivity index (χ3n) is 7.33. The second-order valence-electron chi connectivity index (χ2n) is 9.84. The van der Waals surface area contributed by atoms with Crippen molar-refractivity contribution in [2.45, 2.75) is 45.4 Å². The quantitative estimate of drug-likeness (QED) is 0.679. The number of hydrogen-bond donors (Lipinski definition) is 0. The largest absolute Gasteiger partial charge is 0.492 e. The number of aryl methyl sites for hydroxylation is 2. The summed E-state index contributed by atoms with van der Waals surface area (Å²) in [4.78, 5) is 17.2. The number of amides is 1. The molecule has 2 aromatic carbocycles. The molecular weight excluding hydrogens is 412 g/mol. The molecule has 2 heterocycles. The van der Waals surface area contributed by atoms with Crippen LogP contribution in [0.5, 0.6) is 11.5 Å². The second-order valence-corrected chi connectivity index (χ2v) is 9.84. The van der Waals surface area contributed by atoms with Crippen LogP contribution in [0.1, 0.15) is 43.2 Å². The highest BCUT2D eigenvalue weighted by molar-refractivity contribution is 5.78. The highest BCUT2D eigenvalue weighted by atomic mass is 16.5. The Morgan fingerprint density at radius 3 is 2.58 bits per heavy atom. The van der Waals surface area contributed by atoms with Crippen LogP contribution in [0.25, 0.3) is 0 Å². The zero-order valence-corrected chi connectivity index (χ0v) is 20.2. The monoisotopic (exact) mass is 450 g/mol. The van der Waals surface area contributed by atoms with Crippen molar-refractivity contribution in [2.24, 2.45) is 5.41 Å². The van der Waals surface area contributed by atoms with Gasteiger partial charge in [-0.1, -0.05) is 42.8 Å². The molecule has 0 saturated carbocycles. The van der Waals surface area contributed by atoms with E-state index in [2.05, 4.69) is 36.2 Å². The van der Waals surface area contributed by atoms with Crippen molar-refractivity contribution in [1.29, 1.82) is 0 Å². The van der Waals surface area contributed by atoms with Gasteiger partial charge in [-0.2, -0.15) is 0 Å². The van der Waals surface area contributed by atoms with Crippen molar-refractivity contribution in [2.75, 3.05) is 46.4 Å². The molecule has 0 bridgehead atoms. The number of benzene rings is 2. The SMILES string of the molecule is Cc1ccccc1OCC(=O)N1CCC2(CCCCc3ccccc3OCCN(C)C2)CC1. The smallest absolute Gasteiger partial charge is 0.260 e. The van der Waals surface area contributed by atoms with E-state index in [0.717, 1.165) is 62.5 Å². The van der Waals surface area contributed by atoms with E-state index < -0.39 is 0 Å². The number of carbonyl (C=O) groups excluding carboxylic acids is 1. The Hall–Kier alpha value is -2.53. The van der Waals surface area contributed by atoms with Crippen LogP contribution < -0.4 is 9.47 Å². The van der Waals surface area contributed by atoms with Gasteiger partial charge in [-0.15, -0.1) is 0 Å². The Bertz CT molecular complexity index is 921. The molecule has 5 nitrogen and oxygen atoms in total. The van der Waals surface area contributed by atoms with Gasteiger partial charge >= 0.3 is 0 Å². The summed E-state index contributed by atoms with van der Waals surface area (Å²) in [6.45, 7) is 6.47. The van der Waals surface area contributed by atoms with E-state index in [1.807, 2.05) is 36.1 Å². The number of piperidine rings is 1. The number of fused-ring (bicyclic) bond motifs is 1. The summed E-state index contributed by atoms with van der Waals surface area (Å²) in [5.41, 5.74) is 2.66. The fraction of sp³-hybridized carbons (Fsp3) is 0.536. The molecule has 0 unspecified atom stereocenters. The maximum Gasteiger partial charge on any atom is 0.260 e. The zero-order chi connectivity index (χ0) is 23.1. The molecule has 2 aromatic rings. The molecule has 2 aliphatic heterocycles. The molecule has 1 amide bonds. The van der Waals surface area contributed by atoms with Gasteiger partial charge in [0.15, 0.2) is 6.61 Å². The lowest BCUT2D eigenvalue weighted by molar-refractivity contribution is -0.136. The minimum atomic E-state index is 0.0969. The summed E-state index contributed by atoms with van der Waals surface area (Å²) in [5.74, 6) is 1.93. The van der Waals surface area contributed by atoms with E-state index >= 15 is 0 Å². The summed E-state index contributed by atoms with van der Waals surface area (Å²) < 4.78 is 11.9. The lowest BCUT2D eigenvalue weighted by Crippen LogP contribution is -2.49. The maximum atomic E-state index is 12.8. The Labute approximate surface area is 198 Å². The van der Waals surface area contributed by atoms with Crippen LogP contribution in [-0.4, -0.2) is 62.1 Å². The third kappa shape index (κ3) is 6.29. The standard InChI is InChI=1S/C28H38N2O3/c1-23-9-3-5-12-25(23)33-21-27(31)30-17-15-28(16-18-30)14-8-7-11-24-10-4-6-13-26(24)32-20-19-29(2)22-28/h3-6,9-10,12-13H,7-8,11,14-22H2,1-2H3. The first kappa shape index (κ1) is 23.6. The average molecular weight is 451 g/mol.